The Kier molecular flexibility index (Phi) is 5.69. The van der Waals surface area contributed by atoms with E-state index >= 15 is 0 Å². The lowest BCUT2D eigenvalue weighted by molar-refractivity contribution is 0.0127. The first-order valence-corrected chi connectivity index (χ1v) is 9.50. The Morgan fingerprint density at radius 3 is 2.48 bits per heavy atom. The zero-order valence-corrected chi connectivity index (χ0v) is 16.8. The third kappa shape index (κ3) is 4.99. The Morgan fingerprint density at radius 2 is 1.86 bits per heavy atom. The lowest BCUT2D eigenvalue weighted by atomic mass is 10.1. The highest BCUT2D eigenvalue weighted by Crippen LogP contribution is 2.21. The Balaban J connectivity index is 1.57. The number of hydrogen-bond acceptors (Lipinski definition) is 4. The normalized spacial score (nSPS) is 18.8. The minimum Gasteiger partial charge on any atom is -0.478 e. The van der Waals surface area contributed by atoms with Crippen molar-refractivity contribution in [3.63, 3.8) is 0 Å². The zero-order valence-electron chi connectivity index (χ0n) is 16.8. The number of nitrogens with zero attached hydrogens (tertiary/aromatic N) is 3. The predicted molar refractivity (Wildman–Crippen MR) is 106 cm³/mol. The van der Waals surface area contributed by atoms with Gasteiger partial charge in [-0.1, -0.05) is 11.8 Å². The van der Waals surface area contributed by atoms with E-state index in [2.05, 4.69) is 11.8 Å². The Morgan fingerprint density at radius 1 is 1.17 bits per heavy atom. The highest BCUT2D eigenvalue weighted by atomic mass is 16.6. The molecule has 1 atom stereocenters. The number of rotatable bonds is 2. The van der Waals surface area contributed by atoms with Gasteiger partial charge in [0, 0.05) is 31.7 Å². The Labute approximate surface area is 170 Å². The maximum absolute atomic E-state index is 12.6. The average molecular weight is 399 g/mol. The van der Waals surface area contributed by atoms with Gasteiger partial charge >= 0.3 is 18.1 Å². The number of fused-ring (bicyclic) bond motifs is 1. The number of carbonyl (C=O) groups is 3. The second-order valence-corrected chi connectivity index (χ2v) is 8.12. The molecule has 0 aromatic heterocycles. The summed E-state index contributed by atoms with van der Waals surface area (Å²) in [6.07, 6.45) is -0.354. The summed E-state index contributed by atoms with van der Waals surface area (Å²) in [6.45, 7) is 7.64. The highest BCUT2D eigenvalue weighted by molar-refractivity contribution is 5.87. The predicted octanol–water partition coefficient (Wildman–Crippen LogP) is 2.09. The van der Waals surface area contributed by atoms with Crippen molar-refractivity contribution in [3.05, 3.63) is 35.4 Å². The molecule has 2 aliphatic rings. The second-order valence-electron chi connectivity index (χ2n) is 8.12. The topological polar surface area (TPSA) is 90.4 Å². The van der Waals surface area contributed by atoms with Gasteiger partial charge in [-0.05, 0) is 45.0 Å². The fourth-order valence-electron chi connectivity index (χ4n) is 3.34. The summed E-state index contributed by atoms with van der Waals surface area (Å²) in [6, 6.07) is 6.14. The van der Waals surface area contributed by atoms with Crippen LogP contribution in [0.25, 0.3) is 0 Å². The van der Waals surface area contributed by atoms with Crippen LogP contribution in [0.5, 0.6) is 0 Å². The molecule has 1 aromatic rings. The molecule has 1 unspecified atom stereocenters. The number of ether oxygens (including phenoxy) is 1. The molecule has 0 saturated carbocycles. The van der Waals surface area contributed by atoms with E-state index in [4.69, 9.17) is 9.84 Å². The van der Waals surface area contributed by atoms with Crippen LogP contribution in [0.1, 0.15) is 36.7 Å². The van der Waals surface area contributed by atoms with E-state index in [1.54, 1.807) is 26.8 Å². The number of carboxylic acid groups (broad SMARTS) is 1. The molecule has 29 heavy (non-hydrogen) atoms. The summed E-state index contributed by atoms with van der Waals surface area (Å²) >= 11 is 0. The van der Waals surface area contributed by atoms with Crippen molar-refractivity contribution in [1.29, 1.82) is 0 Å². The molecule has 0 spiro atoms. The van der Waals surface area contributed by atoms with Crippen LogP contribution in [0.15, 0.2) is 24.3 Å². The summed E-state index contributed by atoms with van der Waals surface area (Å²) in [5.74, 6) is 4.94. The number of aromatic carboxylic acids is 1. The van der Waals surface area contributed by atoms with Crippen LogP contribution in [0.3, 0.4) is 0 Å². The van der Waals surface area contributed by atoms with Gasteiger partial charge in [0.2, 0.25) is 0 Å². The standard InChI is InChI=1S/C21H25N3O5/c1-21(2,3)29-20(28)23-11-12-24-17(14-23)13-22(19(24)27)10-4-5-15-6-8-16(9-7-15)18(25)26/h6-9,17H,10-14H2,1-3H3,(H,25,26). The summed E-state index contributed by atoms with van der Waals surface area (Å²) < 4.78 is 5.43. The van der Waals surface area contributed by atoms with Gasteiger partial charge in [-0.2, -0.15) is 0 Å². The molecule has 8 nitrogen and oxygen atoms in total. The first-order valence-electron chi connectivity index (χ1n) is 9.50. The van der Waals surface area contributed by atoms with Crippen LogP contribution >= 0.6 is 0 Å². The Hall–Kier alpha value is -3.21. The lowest BCUT2D eigenvalue weighted by Crippen LogP contribution is -2.54. The van der Waals surface area contributed by atoms with E-state index in [0.29, 0.717) is 31.7 Å². The summed E-state index contributed by atoms with van der Waals surface area (Å²) in [5, 5.41) is 8.92. The fraction of sp³-hybridized carbons (Fsp3) is 0.476. The third-order valence-corrected chi connectivity index (χ3v) is 4.72. The summed E-state index contributed by atoms with van der Waals surface area (Å²) in [4.78, 5) is 40.9. The van der Waals surface area contributed by atoms with Gasteiger partial charge in [0.05, 0.1) is 18.2 Å². The quantitative estimate of drug-likeness (QED) is 0.769. The zero-order chi connectivity index (χ0) is 21.2. The van der Waals surface area contributed by atoms with Gasteiger partial charge in [-0.3, -0.25) is 0 Å². The lowest BCUT2D eigenvalue weighted by Gasteiger charge is -2.37. The number of carbonyl (C=O) groups excluding carboxylic acids is 2. The van der Waals surface area contributed by atoms with Gasteiger partial charge in [0.1, 0.15) is 5.60 Å². The van der Waals surface area contributed by atoms with E-state index in [9.17, 15) is 14.4 Å². The number of benzene rings is 1. The van der Waals surface area contributed by atoms with Crippen molar-refractivity contribution < 1.29 is 24.2 Å². The molecule has 0 aliphatic carbocycles. The van der Waals surface area contributed by atoms with Gasteiger partial charge < -0.3 is 24.5 Å². The van der Waals surface area contributed by atoms with Crippen molar-refractivity contribution in [2.45, 2.75) is 32.4 Å². The minimum atomic E-state index is -0.982. The highest BCUT2D eigenvalue weighted by Gasteiger charge is 2.42. The van der Waals surface area contributed by atoms with E-state index in [0.717, 1.165) is 0 Å². The SMILES string of the molecule is CC(C)(C)OC(=O)N1CCN2C(=O)N(CC#Cc3ccc(C(=O)O)cc3)CC2C1. The molecule has 1 N–H and O–H groups in total. The van der Waals surface area contributed by atoms with Gasteiger partial charge in [-0.15, -0.1) is 0 Å². The third-order valence-electron chi connectivity index (χ3n) is 4.72. The fourth-order valence-corrected chi connectivity index (χ4v) is 3.34. The molecule has 2 saturated heterocycles. The van der Waals surface area contributed by atoms with Crippen LogP contribution in [0, 0.1) is 11.8 Å². The van der Waals surface area contributed by atoms with E-state index < -0.39 is 11.6 Å². The summed E-state index contributed by atoms with van der Waals surface area (Å²) in [7, 11) is 0. The number of amides is 3. The molecule has 1 aromatic carbocycles. The molecule has 2 fully saturated rings. The number of urea groups is 1. The monoisotopic (exact) mass is 399 g/mol. The molecule has 2 aliphatic heterocycles. The van der Waals surface area contributed by atoms with Crippen molar-refractivity contribution >= 4 is 18.1 Å². The van der Waals surface area contributed by atoms with E-state index in [-0.39, 0.29) is 30.3 Å². The molecule has 0 bridgehead atoms. The number of piperazine rings is 1. The van der Waals surface area contributed by atoms with E-state index in [1.807, 2.05) is 20.8 Å². The first kappa shape index (κ1) is 20.5. The maximum Gasteiger partial charge on any atom is 0.410 e. The number of hydrogen-bond donors (Lipinski definition) is 1. The van der Waals surface area contributed by atoms with Crippen molar-refractivity contribution in [1.82, 2.24) is 14.7 Å². The summed E-state index contributed by atoms with van der Waals surface area (Å²) in [5.41, 5.74) is 0.344. The van der Waals surface area contributed by atoms with E-state index in [1.165, 1.54) is 12.1 Å². The molecule has 3 amide bonds. The second kappa shape index (κ2) is 8.03. The van der Waals surface area contributed by atoms with Crippen LogP contribution in [0.4, 0.5) is 9.59 Å². The van der Waals surface area contributed by atoms with Crippen molar-refractivity contribution in [3.8, 4) is 11.8 Å². The maximum atomic E-state index is 12.6. The van der Waals surface area contributed by atoms with Crippen LogP contribution < -0.4 is 0 Å². The Bertz CT molecular complexity index is 863. The van der Waals surface area contributed by atoms with Gasteiger partial charge in [0.25, 0.3) is 0 Å². The minimum absolute atomic E-state index is 0.0691. The van der Waals surface area contributed by atoms with Crippen molar-refractivity contribution in [2.75, 3.05) is 32.7 Å². The largest absolute Gasteiger partial charge is 0.478 e. The molecule has 2 heterocycles. The van der Waals surface area contributed by atoms with Gasteiger partial charge in [-0.25, -0.2) is 14.4 Å². The molecule has 8 heteroatoms. The van der Waals surface area contributed by atoms with Crippen LogP contribution in [0.2, 0.25) is 0 Å². The van der Waals surface area contributed by atoms with Crippen LogP contribution in [-0.4, -0.2) is 82.3 Å². The van der Waals surface area contributed by atoms with Crippen molar-refractivity contribution in [2.24, 2.45) is 0 Å². The molecule has 0 radical (unpaired) electrons. The molecular weight excluding hydrogens is 374 g/mol. The smallest absolute Gasteiger partial charge is 0.410 e. The average Bonchev–Trinajstić information content (AvgIpc) is 2.96. The molecular formula is C21H25N3O5. The number of carboxylic acids is 1. The van der Waals surface area contributed by atoms with Crippen LogP contribution in [-0.2, 0) is 4.74 Å². The molecule has 154 valence electrons. The first-order chi connectivity index (χ1) is 13.6. The molecule has 3 rings (SSSR count). The van der Waals surface area contributed by atoms with Gasteiger partial charge in [0.15, 0.2) is 0 Å².